The van der Waals surface area contributed by atoms with E-state index in [1.807, 2.05) is 26.8 Å². The second-order valence-corrected chi connectivity index (χ2v) is 7.51. The van der Waals surface area contributed by atoms with Gasteiger partial charge in [0.25, 0.3) is 0 Å². The first kappa shape index (κ1) is 20.0. The van der Waals surface area contributed by atoms with Crippen molar-refractivity contribution in [2.75, 3.05) is 12.3 Å². The van der Waals surface area contributed by atoms with Crippen molar-refractivity contribution in [3.63, 3.8) is 0 Å². The van der Waals surface area contributed by atoms with Crippen LogP contribution in [0.4, 0.5) is 14.9 Å². The molecule has 0 saturated heterocycles. The first-order valence-electron chi connectivity index (χ1n) is 8.39. The summed E-state index contributed by atoms with van der Waals surface area (Å²) in [5.74, 6) is -0.306. The summed E-state index contributed by atoms with van der Waals surface area (Å²) >= 11 is 6.14. The number of rotatable bonds is 5. The first-order valence-corrected chi connectivity index (χ1v) is 8.77. The summed E-state index contributed by atoms with van der Waals surface area (Å²) in [6, 6.07) is 11.3. The van der Waals surface area contributed by atoms with E-state index >= 15 is 0 Å². The summed E-state index contributed by atoms with van der Waals surface area (Å²) in [7, 11) is 0. The van der Waals surface area contributed by atoms with E-state index in [4.69, 9.17) is 22.1 Å². The Bertz CT molecular complexity index is 757. The van der Waals surface area contributed by atoms with Gasteiger partial charge >= 0.3 is 6.09 Å². The Morgan fingerprint density at radius 2 is 1.85 bits per heavy atom. The van der Waals surface area contributed by atoms with E-state index < -0.39 is 11.6 Å². The van der Waals surface area contributed by atoms with Gasteiger partial charge in [-0.15, -0.1) is 0 Å². The minimum atomic E-state index is -0.440. The Morgan fingerprint density at radius 1 is 1.19 bits per heavy atom. The quantitative estimate of drug-likeness (QED) is 0.741. The van der Waals surface area contributed by atoms with Crippen LogP contribution in [0, 0.1) is 5.82 Å². The standard InChI is InChI=1S/C20H24ClFN2O2/c1-20(2,3)24(13-14-4-7-16(22)8-5-14)19(25)26-11-10-15-6-9-17(23)12-18(15)21/h4-9,12H,10-11,13,23H2,1-3H3. The van der Waals surface area contributed by atoms with Crippen LogP contribution < -0.4 is 5.73 Å². The molecule has 6 heteroatoms. The van der Waals surface area contributed by atoms with Crippen LogP contribution in [-0.2, 0) is 17.7 Å². The average Bonchev–Trinajstić information content (AvgIpc) is 2.55. The summed E-state index contributed by atoms with van der Waals surface area (Å²) < 4.78 is 18.5. The summed E-state index contributed by atoms with van der Waals surface area (Å²) in [4.78, 5) is 14.2. The molecule has 2 aromatic rings. The largest absolute Gasteiger partial charge is 0.449 e. The Morgan fingerprint density at radius 3 is 2.42 bits per heavy atom. The maximum Gasteiger partial charge on any atom is 0.410 e. The Kier molecular flexibility index (Phi) is 6.48. The van der Waals surface area contributed by atoms with Crippen molar-refractivity contribution in [2.24, 2.45) is 0 Å². The van der Waals surface area contributed by atoms with Gasteiger partial charge in [-0.25, -0.2) is 9.18 Å². The number of anilines is 1. The topological polar surface area (TPSA) is 55.6 Å². The molecule has 0 fully saturated rings. The smallest absolute Gasteiger partial charge is 0.410 e. The monoisotopic (exact) mass is 378 g/mol. The zero-order chi connectivity index (χ0) is 19.3. The van der Waals surface area contributed by atoms with Gasteiger partial charge in [-0.3, -0.25) is 4.90 Å². The van der Waals surface area contributed by atoms with Crippen molar-refractivity contribution >= 4 is 23.4 Å². The molecular formula is C20H24ClFN2O2. The lowest BCUT2D eigenvalue weighted by Crippen LogP contribution is -2.45. The van der Waals surface area contributed by atoms with Gasteiger partial charge < -0.3 is 10.5 Å². The van der Waals surface area contributed by atoms with Crippen LogP contribution in [0.15, 0.2) is 42.5 Å². The van der Waals surface area contributed by atoms with Crippen LogP contribution in [0.1, 0.15) is 31.9 Å². The van der Waals surface area contributed by atoms with Crippen molar-refractivity contribution in [3.8, 4) is 0 Å². The minimum absolute atomic E-state index is 0.207. The number of hydrogen-bond acceptors (Lipinski definition) is 3. The van der Waals surface area contributed by atoms with Crippen molar-refractivity contribution < 1.29 is 13.9 Å². The van der Waals surface area contributed by atoms with Crippen molar-refractivity contribution in [1.82, 2.24) is 4.90 Å². The predicted octanol–water partition coefficient (Wildman–Crippen LogP) is 5.04. The third kappa shape index (κ3) is 5.63. The molecule has 0 spiro atoms. The third-order valence-corrected chi connectivity index (χ3v) is 4.31. The average molecular weight is 379 g/mol. The van der Waals surface area contributed by atoms with Crippen molar-refractivity contribution in [3.05, 3.63) is 64.4 Å². The molecule has 0 aliphatic heterocycles. The van der Waals surface area contributed by atoms with Crippen LogP contribution in [0.5, 0.6) is 0 Å². The highest BCUT2D eigenvalue weighted by Crippen LogP contribution is 2.21. The summed E-state index contributed by atoms with van der Waals surface area (Å²) in [6.45, 7) is 6.32. The molecule has 1 amide bonds. The molecule has 0 bridgehead atoms. The highest BCUT2D eigenvalue weighted by Gasteiger charge is 2.27. The van der Waals surface area contributed by atoms with E-state index in [0.717, 1.165) is 11.1 Å². The molecule has 0 aromatic heterocycles. The lowest BCUT2D eigenvalue weighted by atomic mass is 10.1. The van der Waals surface area contributed by atoms with E-state index in [0.29, 0.717) is 23.7 Å². The van der Waals surface area contributed by atoms with E-state index in [1.165, 1.54) is 12.1 Å². The van der Waals surface area contributed by atoms with Gasteiger partial charge in [-0.1, -0.05) is 29.8 Å². The number of carbonyl (C=O) groups excluding carboxylic acids is 1. The second-order valence-electron chi connectivity index (χ2n) is 7.10. The van der Waals surface area contributed by atoms with Gasteiger partial charge in [0.1, 0.15) is 5.82 Å². The SMILES string of the molecule is CC(C)(C)N(Cc1ccc(F)cc1)C(=O)OCCc1ccc(N)cc1Cl. The summed E-state index contributed by atoms with van der Waals surface area (Å²) in [5, 5.41) is 0.556. The normalized spacial score (nSPS) is 11.3. The van der Waals surface area contributed by atoms with Crippen LogP contribution in [-0.4, -0.2) is 23.1 Å². The number of nitrogens with zero attached hydrogens (tertiary/aromatic N) is 1. The molecule has 26 heavy (non-hydrogen) atoms. The number of benzene rings is 2. The molecule has 140 valence electrons. The Labute approximate surface area is 158 Å². The van der Waals surface area contributed by atoms with Crippen molar-refractivity contribution in [2.45, 2.75) is 39.3 Å². The second kappa shape index (κ2) is 8.41. The molecule has 0 atom stereocenters. The van der Waals surface area contributed by atoms with Crippen LogP contribution in [0.3, 0.4) is 0 Å². The molecule has 0 heterocycles. The molecule has 0 aliphatic carbocycles. The molecule has 2 aromatic carbocycles. The van der Waals surface area contributed by atoms with Gasteiger partial charge in [-0.05, 0) is 56.2 Å². The maximum absolute atomic E-state index is 13.1. The fraction of sp³-hybridized carbons (Fsp3) is 0.350. The maximum atomic E-state index is 13.1. The number of nitrogen functional groups attached to an aromatic ring is 1. The van der Waals surface area contributed by atoms with E-state index in [9.17, 15) is 9.18 Å². The number of ether oxygens (including phenoxy) is 1. The minimum Gasteiger partial charge on any atom is -0.449 e. The number of halogens is 2. The first-order chi connectivity index (χ1) is 12.2. The van der Waals surface area contributed by atoms with Gasteiger partial charge in [0.15, 0.2) is 0 Å². The molecule has 0 radical (unpaired) electrons. The van der Waals surface area contributed by atoms with Crippen LogP contribution in [0.2, 0.25) is 5.02 Å². The molecule has 4 nitrogen and oxygen atoms in total. The van der Waals surface area contributed by atoms with E-state index in [2.05, 4.69) is 0 Å². The molecule has 0 unspecified atom stereocenters. The summed E-state index contributed by atoms with van der Waals surface area (Å²) in [6.07, 6.45) is 0.0766. The highest BCUT2D eigenvalue weighted by atomic mass is 35.5. The molecule has 2 N–H and O–H groups in total. The van der Waals surface area contributed by atoms with Crippen molar-refractivity contribution in [1.29, 1.82) is 0 Å². The lowest BCUT2D eigenvalue weighted by Gasteiger charge is -2.34. The number of hydrogen-bond donors (Lipinski definition) is 1. The predicted molar refractivity (Wildman–Crippen MR) is 103 cm³/mol. The molecule has 2 rings (SSSR count). The van der Waals surface area contributed by atoms with Crippen LogP contribution >= 0.6 is 11.6 Å². The van der Waals surface area contributed by atoms with E-state index in [1.54, 1.807) is 29.2 Å². The third-order valence-electron chi connectivity index (χ3n) is 3.96. The van der Waals surface area contributed by atoms with Gasteiger partial charge in [0, 0.05) is 29.2 Å². The number of nitrogens with two attached hydrogens (primary N) is 1. The number of amides is 1. The Balaban J connectivity index is 1.99. The fourth-order valence-corrected chi connectivity index (χ4v) is 2.72. The highest BCUT2D eigenvalue weighted by molar-refractivity contribution is 6.31. The van der Waals surface area contributed by atoms with Crippen LogP contribution in [0.25, 0.3) is 0 Å². The summed E-state index contributed by atoms with van der Waals surface area (Å²) in [5.41, 5.74) is 7.53. The zero-order valence-corrected chi connectivity index (χ0v) is 16.0. The lowest BCUT2D eigenvalue weighted by molar-refractivity contribution is 0.0644. The fourth-order valence-electron chi connectivity index (χ4n) is 2.44. The van der Waals surface area contributed by atoms with E-state index in [-0.39, 0.29) is 12.4 Å². The zero-order valence-electron chi connectivity index (χ0n) is 15.3. The Hall–Kier alpha value is -2.27. The molecular weight excluding hydrogens is 355 g/mol. The molecule has 0 saturated carbocycles. The van der Waals surface area contributed by atoms with Gasteiger partial charge in [-0.2, -0.15) is 0 Å². The molecule has 0 aliphatic rings. The van der Waals surface area contributed by atoms with Gasteiger partial charge in [0.2, 0.25) is 0 Å². The van der Waals surface area contributed by atoms with Gasteiger partial charge in [0.05, 0.1) is 6.61 Å². The number of carbonyl (C=O) groups is 1.